The third-order valence-corrected chi connectivity index (χ3v) is 12.0. The molecule has 3 N–H and O–H groups in total. The Labute approximate surface area is 334 Å². The van der Waals surface area contributed by atoms with Gasteiger partial charge in [-0.05, 0) is 79.2 Å². The van der Waals surface area contributed by atoms with Crippen molar-refractivity contribution < 1.29 is 8.83 Å². The Hall–Kier alpha value is -7.02. The van der Waals surface area contributed by atoms with Crippen molar-refractivity contribution in [3.63, 3.8) is 0 Å². The van der Waals surface area contributed by atoms with E-state index in [1.165, 1.54) is 32.7 Å². The van der Waals surface area contributed by atoms with Crippen molar-refractivity contribution in [1.29, 1.82) is 0 Å². The van der Waals surface area contributed by atoms with E-state index in [0.29, 0.717) is 0 Å². The molecule has 1 fully saturated rings. The second-order valence-electron chi connectivity index (χ2n) is 15.3. The number of furan rings is 2. The fourth-order valence-corrected chi connectivity index (χ4v) is 9.35. The maximum absolute atomic E-state index is 6.64. The fourth-order valence-electron chi connectivity index (χ4n) is 9.35. The van der Waals surface area contributed by atoms with E-state index < -0.39 is 0 Å². The first-order valence-corrected chi connectivity index (χ1v) is 19.9. The van der Waals surface area contributed by atoms with E-state index in [-0.39, 0.29) is 18.5 Å². The molecule has 3 atom stereocenters. The van der Waals surface area contributed by atoms with Crippen LogP contribution in [0.1, 0.15) is 35.2 Å². The van der Waals surface area contributed by atoms with Crippen molar-refractivity contribution in [2.24, 2.45) is 0 Å². The minimum Gasteiger partial charge on any atom is -0.456 e. The third kappa shape index (κ3) is 5.29. The van der Waals surface area contributed by atoms with Crippen molar-refractivity contribution in [2.45, 2.75) is 18.5 Å². The zero-order chi connectivity index (χ0) is 38.2. The highest BCUT2D eigenvalue weighted by molar-refractivity contribution is 6.17. The first-order valence-electron chi connectivity index (χ1n) is 19.9. The lowest BCUT2D eigenvalue weighted by atomic mass is 9.88. The van der Waals surface area contributed by atoms with Gasteiger partial charge in [0.2, 0.25) is 0 Å². The Morgan fingerprint density at radius 2 is 0.966 bits per heavy atom. The van der Waals surface area contributed by atoms with Gasteiger partial charge in [-0.15, -0.1) is 0 Å². The van der Waals surface area contributed by atoms with Gasteiger partial charge in [-0.25, -0.2) is 0 Å². The number of fused-ring (bicyclic) bond motifs is 8. The smallest absolute Gasteiger partial charge is 0.141 e. The Bertz CT molecular complexity index is 3360. The molecule has 12 rings (SSSR count). The van der Waals surface area contributed by atoms with Gasteiger partial charge in [-0.1, -0.05) is 164 Å². The van der Waals surface area contributed by atoms with E-state index in [1.807, 2.05) is 18.2 Å². The van der Waals surface area contributed by atoms with E-state index in [1.54, 1.807) is 0 Å². The Balaban J connectivity index is 1.04. The summed E-state index contributed by atoms with van der Waals surface area (Å²) in [4.78, 5) is 0. The predicted octanol–water partition coefficient (Wildman–Crippen LogP) is 13.3. The van der Waals surface area contributed by atoms with Crippen molar-refractivity contribution in [1.82, 2.24) is 16.0 Å². The number of nitrogens with one attached hydrogen (secondary N) is 3. The standard InChI is InChI=1S/C53H37N3O2/c1-2-15-33(16-3-1)51-54-52(56-53(55-51)44-25-13-24-41-40-21-8-10-26-46(40)58-50(41)44)42-29-28-39(37-19-6-7-20-38(37)42)45-30-34(36-23-12-17-32-14-4-5-18-35(32)36)31-48-49(45)43-22-9-11-27-47(43)57-48/h1-31,51-56H. The van der Waals surface area contributed by atoms with E-state index in [4.69, 9.17) is 8.83 Å². The summed E-state index contributed by atoms with van der Waals surface area (Å²) in [5.74, 6) is 0. The van der Waals surface area contributed by atoms with Crippen LogP contribution in [0.25, 0.3) is 87.7 Å². The van der Waals surface area contributed by atoms with Gasteiger partial charge >= 0.3 is 0 Å². The highest BCUT2D eigenvalue weighted by Crippen LogP contribution is 2.45. The monoisotopic (exact) mass is 747 g/mol. The molecule has 0 bridgehead atoms. The van der Waals surface area contributed by atoms with E-state index in [9.17, 15) is 0 Å². The molecule has 0 amide bonds. The van der Waals surface area contributed by atoms with Crippen LogP contribution in [0, 0.1) is 0 Å². The molecule has 5 heteroatoms. The Morgan fingerprint density at radius 1 is 0.345 bits per heavy atom. The van der Waals surface area contributed by atoms with Gasteiger partial charge in [0.1, 0.15) is 22.3 Å². The van der Waals surface area contributed by atoms with Gasteiger partial charge in [0.05, 0.1) is 18.5 Å². The van der Waals surface area contributed by atoms with Crippen LogP contribution >= 0.6 is 0 Å². The molecule has 2 aromatic heterocycles. The highest BCUT2D eigenvalue weighted by Gasteiger charge is 2.32. The van der Waals surface area contributed by atoms with E-state index >= 15 is 0 Å². The first kappa shape index (κ1) is 33.2. The summed E-state index contributed by atoms with van der Waals surface area (Å²) in [5, 5.41) is 21.1. The molecule has 3 heterocycles. The van der Waals surface area contributed by atoms with Crippen molar-refractivity contribution in [2.75, 3.05) is 0 Å². The fraction of sp³-hybridized carbons (Fsp3) is 0.0566. The Morgan fingerprint density at radius 3 is 1.81 bits per heavy atom. The zero-order valence-corrected chi connectivity index (χ0v) is 31.4. The number of hydrogen-bond acceptors (Lipinski definition) is 5. The molecule has 1 saturated heterocycles. The van der Waals surface area contributed by atoms with Crippen LogP contribution in [0.3, 0.4) is 0 Å². The molecule has 0 aliphatic carbocycles. The number of rotatable bonds is 5. The lowest BCUT2D eigenvalue weighted by Crippen LogP contribution is -2.54. The molecule has 0 saturated carbocycles. The van der Waals surface area contributed by atoms with Gasteiger partial charge < -0.3 is 8.83 Å². The molecule has 1 aliphatic heterocycles. The summed E-state index contributed by atoms with van der Waals surface area (Å²) >= 11 is 0. The quantitative estimate of drug-likeness (QED) is 0.164. The van der Waals surface area contributed by atoms with Crippen LogP contribution in [0.2, 0.25) is 0 Å². The lowest BCUT2D eigenvalue weighted by molar-refractivity contribution is 0.204. The van der Waals surface area contributed by atoms with Crippen LogP contribution in [0.15, 0.2) is 197 Å². The maximum atomic E-state index is 6.64. The molecule has 1 aliphatic rings. The van der Waals surface area contributed by atoms with E-state index in [0.717, 1.165) is 71.7 Å². The van der Waals surface area contributed by atoms with Crippen LogP contribution in [-0.4, -0.2) is 0 Å². The topological polar surface area (TPSA) is 62.4 Å². The molecule has 0 radical (unpaired) electrons. The third-order valence-electron chi connectivity index (χ3n) is 12.0. The van der Waals surface area contributed by atoms with Crippen molar-refractivity contribution in [3.05, 3.63) is 205 Å². The van der Waals surface area contributed by atoms with Gasteiger partial charge in [0, 0.05) is 27.1 Å². The zero-order valence-electron chi connectivity index (χ0n) is 31.4. The minimum atomic E-state index is -0.214. The van der Waals surface area contributed by atoms with E-state index in [2.05, 4.69) is 186 Å². The number of benzene rings is 9. The molecule has 5 nitrogen and oxygen atoms in total. The largest absolute Gasteiger partial charge is 0.456 e. The number of para-hydroxylation sites is 3. The van der Waals surface area contributed by atoms with Crippen LogP contribution in [-0.2, 0) is 0 Å². The molecule has 276 valence electrons. The highest BCUT2D eigenvalue weighted by atomic mass is 16.3. The Kier molecular flexibility index (Phi) is 7.60. The molecule has 9 aromatic carbocycles. The van der Waals surface area contributed by atoms with Crippen LogP contribution < -0.4 is 16.0 Å². The second-order valence-corrected chi connectivity index (χ2v) is 15.3. The number of hydrogen-bond donors (Lipinski definition) is 3. The van der Waals surface area contributed by atoms with Gasteiger partial charge in [-0.2, -0.15) is 0 Å². The normalized spacial score (nSPS) is 17.3. The molecular formula is C53H37N3O2. The SMILES string of the molecule is c1ccc(C2NC(c3ccc(-c4cc(-c5cccc6ccccc56)cc5oc6ccccc6c45)c4ccccc34)NC(c3cccc4c3oc3ccccc34)N2)cc1. The van der Waals surface area contributed by atoms with Gasteiger partial charge in [0.25, 0.3) is 0 Å². The summed E-state index contributed by atoms with van der Waals surface area (Å²) in [7, 11) is 0. The molecule has 3 unspecified atom stereocenters. The predicted molar refractivity (Wildman–Crippen MR) is 237 cm³/mol. The van der Waals surface area contributed by atoms with Crippen molar-refractivity contribution in [3.8, 4) is 22.3 Å². The molecule has 58 heavy (non-hydrogen) atoms. The van der Waals surface area contributed by atoms with Crippen LogP contribution in [0.5, 0.6) is 0 Å². The lowest BCUT2D eigenvalue weighted by Gasteiger charge is -2.40. The summed E-state index contributed by atoms with van der Waals surface area (Å²) in [6.45, 7) is 0. The summed E-state index contributed by atoms with van der Waals surface area (Å²) in [5.41, 5.74) is 11.6. The molecule has 0 spiro atoms. The minimum absolute atomic E-state index is 0.134. The summed E-state index contributed by atoms with van der Waals surface area (Å²) in [6, 6.07) is 66.9. The maximum Gasteiger partial charge on any atom is 0.141 e. The van der Waals surface area contributed by atoms with Gasteiger partial charge in [-0.3, -0.25) is 16.0 Å². The van der Waals surface area contributed by atoms with Gasteiger partial charge in [0.15, 0.2) is 0 Å². The molecular weight excluding hydrogens is 711 g/mol. The summed E-state index contributed by atoms with van der Waals surface area (Å²) in [6.07, 6.45) is -0.551. The first-order chi connectivity index (χ1) is 28.7. The molecule has 11 aromatic rings. The average Bonchev–Trinajstić information content (AvgIpc) is 3.87. The van der Waals surface area contributed by atoms with Crippen LogP contribution in [0.4, 0.5) is 0 Å². The second kappa shape index (κ2) is 13.3. The van der Waals surface area contributed by atoms with Crippen molar-refractivity contribution >= 4 is 65.4 Å². The summed E-state index contributed by atoms with van der Waals surface area (Å²) < 4.78 is 13.2. The average molecular weight is 748 g/mol.